The number of nitrogens with one attached hydrogen (secondary N) is 2. The molecule has 0 aliphatic carbocycles. The lowest BCUT2D eigenvalue weighted by molar-refractivity contribution is -0.115. The maximum Gasteiger partial charge on any atom is 0.228 e. The summed E-state index contributed by atoms with van der Waals surface area (Å²) >= 11 is 0. The minimum absolute atomic E-state index is 0.0101. The Labute approximate surface area is 166 Å². The molecule has 0 aromatic heterocycles. The van der Waals surface area contributed by atoms with E-state index in [1.807, 2.05) is 67.6 Å². The number of methoxy groups -OCH3 is 1. The van der Waals surface area contributed by atoms with Crippen LogP contribution in [0.1, 0.15) is 16.7 Å². The molecule has 0 saturated carbocycles. The molecular formula is C24H26N2O2. The predicted molar refractivity (Wildman–Crippen MR) is 115 cm³/mol. The highest BCUT2D eigenvalue weighted by Gasteiger charge is 2.04. The maximum atomic E-state index is 12.2. The Kier molecular flexibility index (Phi) is 6.68. The van der Waals surface area contributed by atoms with E-state index in [-0.39, 0.29) is 5.91 Å². The standard InChI is InChI=1S/C24H26N2O2/c1-18-3-5-20(6-4-18)17-24(27)26-22-11-9-21(10-12-22)25-16-15-19-7-13-23(28-2)14-8-19/h3-14,25H,15-17H2,1-2H3,(H,26,27). The molecule has 144 valence electrons. The lowest BCUT2D eigenvalue weighted by atomic mass is 10.1. The molecule has 4 nitrogen and oxygen atoms in total. The largest absolute Gasteiger partial charge is 0.497 e. The molecule has 1 amide bonds. The molecule has 0 unspecified atom stereocenters. The van der Waals surface area contributed by atoms with Crippen LogP contribution in [0.25, 0.3) is 0 Å². The molecule has 2 N–H and O–H groups in total. The van der Waals surface area contributed by atoms with E-state index in [0.29, 0.717) is 6.42 Å². The van der Waals surface area contributed by atoms with Gasteiger partial charge in [0.25, 0.3) is 0 Å². The zero-order chi connectivity index (χ0) is 19.8. The Hall–Kier alpha value is -3.27. The average molecular weight is 374 g/mol. The van der Waals surface area contributed by atoms with Crippen LogP contribution >= 0.6 is 0 Å². The summed E-state index contributed by atoms with van der Waals surface area (Å²) in [7, 11) is 1.67. The van der Waals surface area contributed by atoms with Crippen molar-refractivity contribution in [3.8, 4) is 5.75 Å². The van der Waals surface area contributed by atoms with Crippen molar-refractivity contribution in [2.45, 2.75) is 19.8 Å². The van der Waals surface area contributed by atoms with Gasteiger partial charge in [-0.3, -0.25) is 4.79 Å². The summed E-state index contributed by atoms with van der Waals surface area (Å²) in [5.74, 6) is 0.862. The zero-order valence-electron chi connectivity index (χ0n) is 16.4. The Morgan fingerprint density at radius 2 is 1.43 bits per heavy atom. The summed E-state index contributed by atoms with van der Waals surface area (Å²) < 4.78 is 5.17. The number of benzene rings is 3. The molecule has 4 heteroatoms. The number of rotatable bonds is 8. The smallest absolute Gasteiger partial charge is 0.228 e. The van der Waals surface area contributed by atoms with E-state index in [0.717, 1.165) is 35.7 Å². The number of ether oxygens (including phenoxy) is 1. The van der Waals surface area contributed by atoms with Crippen molar-refractivity contribution in [2.24, 2.45) is 0 Å². The highest BCUT2D eigenvalue weighted by atomic mass is 16.5. The molecule has 0 aliphatic rings. The Bertz CT molecular complexity index is 885. The van der Waals surface area contributed by atoms with E-state index >= 15 is 0 Å². The first-order chi connectivity index (χ1) is 13.6. The topological polar surface area (TPSA) is 50.4 Å². The van der Waals surface area contributed by atoms with Crippen molar-refractivity contribution in [3.05, 3.63) is 89.5 Å². The SMILES string of the molecule is COc1ccc(CCNc2ccc(NC(=O)Cc3ccc(C)cc3)cc2)cc1. The molecule has 3 aromatic rings. The van der Waals surface area contributed by atoms with Crippen LogP contribution in [0.4, 0.5) is 11.4 Å². The minimum Gasteiger partial charge on any atom is -0.497 e. The average Bonchev–Trinajstić information content (AvgIpc) is 2.71. The number of hydrogen-bond donors (Lipinski definition) is 2. The fourth-order valence-electron chi connectivity index (χ4n) is 2.91. The molecule has 0 bridgehead atoms. The van der Waals surface area contributed by atoms with Gasteiger partial charge in [0, 0.05) is 17.9 Å². The number of hydrogen-bond acceptors (Lipinski definition) is 3. The van der Waals surface area contributed by atoms with Crippen LogP contribution in [0.3, 0.4) is 0 Å². The van der Waals surface area contributed by atoms with Crippen molar-refractivity contribution in [1.82, 2.24) is 0 Å². The van der Waals surface area contributed by atoms with E-state index in [4.69, 9.17) is 4.74 Å². The lowest BCUT2D eigenvalue weighted by Gasteiger charge is -2.09. The van der Waals surface area contributed by atoms with Crippen molar-refractivity contribution >= 4 is 17.3 Å². The number of carbonyl (C=O) groups is 1. The quantitative estimate of drug-likeness (QED) is 0.593. The van der Waals surface area contributed by atoms with Gasteiger partial charge < -0.3 is 15.4 Å². The Morgan fingerprint density at radius 3 is 2.07 bits per heavy atom. The molecule has 0 saturated heterocycles. The van der Waals surface area contributed by atoms with Crippen LogP contribution in [0, 0.1) is 6.92 Å². The van der Waals surface area contributed by atoms with E-state index in [1.165, 1.54) is 11.1 Å². The van der Waals surface area contributed by atoms with Gasteiger partial charge in [0.15, 0.2) is 0 Å². The molecule has 0 heterocycles. The van der Waals surface area contributed by atoms with Crippen molar-refractivity contribution < 1.29 is 9.53 Å². The fraction of sp³-hybridized carbons (Fsp3) is 0.208. The molecule has 0 aliphatic heterocycles. The van der Waals surface area contributed by atoms with Gasteiger partial charge in [0.1, 0.15) is 5.75 Å². The fourth-order valence-corrected chi connectivity index (χ4v) is 2.91. The van der Waals surface area contributed by atoms with Crippen LogP contribution < -0.4 is 15.4 Å². The van der Waals surface area contributed by atoms with Crippen molar-refractivity contribution in [1.29, 1.82) is 0 Å². The van der Waals surface area contributed by atoms with Crippen LogP contribution in [0.15, 0.2) is 72.8 Å². The summed E-state index contributed by atoms with van der Waals surface area (Å²) in [4.78, 5) is 12.2. The number of aryl methyl sites for hydroxylation is 1. The third kappa shape index (κ3) is 5.88. The highest BCUT2D eigenvalue weighted by Crippen LogP contribution is 2.15. The van der Waals surface area contributed by atoms with Gasteiger partial charge in [0.2, 0.25) is 5.91 Å². The third-order valence-corrected chi connectivity index (χ3v) is 4.56. The van der Waals surface area contributed by atoms with E-state index < -0.39 is 0 Å². The predicted octanol–water partition coefficient (Wildman–Crippen LogP) is 4.84. The van der Waals surface area contributed by atoms with Crippen LogP contribution in [0.2, 0.25) is 0 Å². The van der Waals surface area contributed by atoms with E-state index in [2.05, 4.69) is 22.8 Å². The van der Waals surface area contributed by atoms with Crippen molar-refractivity contribution in [3.63, 3.8) is 0 Å². The number of anilines is 2. The zero-order valence-corrected chi connectivity index (χ0v) is 16.4. The summed E-state index contributed by atoms with van der Waals surface area (Å²) in [5.41, 5.74) is 5.30. The Balaban J connectivity index is 1.44. The third-order valence-electron chi connectivity index (χ3n) is 4.56. The second kappa shape index (κ2) is 9.60. The second-order valence-corrected chi connectivity index (χ2v) is 6.81. The second-order valence-electron chi connectivity index (χ2n) is 6.81. The van der Waals surface area contributed by atoms with Gasteiger partial charge in [-0.05, 0) is 60.9 Å². The molecular weight excluding hydrogens is 348 g/mol. The Morgan fingerprint density at radius 1 is 0.821 bits per heavy atom. The van der Waals surface area contributed by atoms with Gasteiger partial charge in [0.05, 0.1) is 13.5 Å². The molecule has 0 radical (unpaired) electrons. The minimum atomic E-state index is -0.0101. The summed E-state index contributed by atoms with van der Waals surface area (Å²) in [5, 5.41) is 6.35. The van der Waals surface area contributed by atoms with Gasteiger partial charge >= 0.3 is 0 Å². The first-order valence-corrected chi connectivity index (χ1v) is 9.44. The van der Waals surface area contributed by atoms with Crippen LogP contribution in [-0.2, 0) is 17.6 Å². The van der Waals surface area contributed by atoms with E-state index in [9.17, 15) is 4.79 Å². The highest BCUT2D eigenvalue weighted by molar-refractivity contribution is 5.92. The molecule has 3 aromatic carbocycles. The molecule has 0 atom stereocenters. The van der Waals surface area contributed by atoms with Crippen LogP contribution in [-0.4, -0.2) is 19.6 Å². The normalized spacial score (nSPS) is 10.4. The first kappa shape index (κ1) is 19.5. The summed E-state index contributed by atoms with van der Waals surface area (Å²) in [6.45, 7) is 2.88. The first-order valence-electron chi connectivity index (χ1n) is 9.44. The lowest BCUT2D eigenvalue weighted by Crippen LogP contribution is -2.14. The van der Waals surface area contributed by atoms with E-state index in [1.54, 1.807) is 7.11 Å². The molecule has 0 fully saturated rings. The monoisotopic (exact) mass is 374 g/mol. The maximum absolute atomic E-state index is 12.2. The molecule has 3 rings (SSSR count). The van der Waals surface area contributed by atoms with Gasteiger partial charge in [-0.2, -0.15) is 0 Å². The van der Waals surface area contributed by atoms with Gasteiger partial charge in [-0.25, -0.2) is 0 Å². The van der Waals surface area contributed by atoms with Crippen LogP contribution in [0.5, 0.6) is 5.75 Å². The number of amides is 1. The molecule has 28 heavy (non-hydrogen) atoms. The van der Waals surface area contributed by atoms with Crippen molar-refractivity contribution in [2.75, 3.05) is 24.3 Å². The summed E-state index contributed by atoms with van der Waals surface area (Å²) in [6.07, 6.45) is 1.31. The van der Waals surface area contributed by atoms with Gasteiger partial charge in [-0.15, -0.1) is 0 Å². The van der Waals surface area contributed by atoms with Gasteiger partial charge in [-0.1, -0.05) is 42.0 Å². The molecule has 0 spiro atoms. The summed E-state index contributed by atoms with van der Waals surface area (Å²) in [6, 6.07) is 23.9. The number of carbonyl (C=O) groups excluding carboxylic acids is 1.